The van der Waals surface area contributed by atoms with Crippen LogP contribution in [0.4, 0.5) is 0 Å². The summed E-state index contributed by atoms with van der Waals surface area (Å²) in [7, 11) is 0. The molecule has 2 nitrogen and oxygen atoms in total. The maximum Gasteiger partial charge on any atom is 0.105 e. The maximum atomic E-state index is 5.49. The first-order valence-corrected chi connectivity index (χ1v) is 7.16. The smallest absolute Gasteiger partial charge is 0.105 e. The molecular weight excluding hydrogens is 210 g/mol. The van der Waals surface area contributed by atoms with Gasteiger partial charge < -0.3 is 9.73 Å². The quantitative estimate of drug-likeness (QED) is 0.812. The molecule has 1 unspecified atom stereocenters. The predicted molar refractivity (Wildman–Crippen MR) is 71.1 cm³/mol. The van der Waals surface area contributed by atoms with Gasteiger partial charge in [-0.25, -0.2) is 0 Å². The Morgan fingerprint density at radius 2 is 2.18 bits per heavy atom. The molecule has 0 amide bonds. The van der Waals surface area contributed by atoms with Crippen LogP contribution < -0.4 is 5.32 Å². The van der Waals surface area contributed by atoms with Gasteiger partial charge in [0, 0.05) is 12.5 Å². The fraction of sp³-hybridized carbons (Fsp3) is 0.733. The zero-order valence-electron chi connectivity index (χ0n) is 11.0. The van der Waals surface area contributed by atoms with Crippen LogP contribution in [-0.2, 0) is 6.42 Å². The van der Waals surface area contributed by atoms with Crippen LogP contribution in [0.5, 0.6) is 0 Å². The van der Waals surface area contributed by atoms with Crippen molar-refractivity contribution >= 4 is 0 Å². The highest BCUT2D eigenvalue weighted by molar-refractivity contribution is 5.01. The van der Waals surface area contributed by atoms with E-state index in [1.54, 1.807) is 6.26 Å². The van der Waals surface area contributed by atoms with Gasteiger partial charge in [0.1, 0.15) is 5.76 Å². The predicted octanol–water partition coefficient (Wildman–Crippen LogP) is 3.77. The third-order valence-corrected chi connectivity index (χ3v) is 3.88. The van der Waals surface area contributed by atoms with E-state index in [-0.39, 0.29) is 0 Å². The lowest BCUT2D eigenvalue weighted by molar-refractivity contribution is 0.258. The van der Waals surface area contributed by atoms with Gasteiger partial charge in [-0.2, -0.15) is 0 Å². The first-order valence-electron chi connectivity index (χ1n) is 7.16. The third-order valence-electron chi connectivity index (χ3n) is 3.88. The first kappa shape index (κ1) is 12.7. The minimum atomic E-state index is 0.612. The number of rotatable bonds is 6. The fourth-order valence-electron chi connectivity index (χ4n) is 2.92. The summed E-state index contributed by atoms with van der Waals surface area (Å²) < 4.78 is 5.49. The molecular formula is C15H25NO. The maximum absolute atomic E-state index is 5.49. The summed E-state index contributed by atoms with van der Waals surface area (Å²) in [5.74, 6) is 1.98. The van der Waals surface area contributed by atoms with Crippen LogP contribution in [0.3, 0.4) is 0 Å². The minimum Gasteiger partial charge on any atom is -0.469 e. The Morgan fingerprint density at radius 1 is 1.35 bits per heavy atom. The Hall–Kier alpha value is -0.760. The molecule has 1 aliphatic rings. The SMILES string of the molecule is CCCNC(Cc1ccco1)C1CCCCC1. The van der Waals surface area contributed by atoms with Gasteiger partial charge in [-0.3, -0.25) is 0 Å². The summed E-state index contributed by atoms with van der Waals surface area (Å²) in [5, 5.41) is 3.72. The molecule has 1 aliphatic carbocycles. The fourth-order valence-corrected chi connectivity index (χ4v) is 2.92. The highest BCUT2D eigenvalue weighted by Crippen LogP contribution is 2.28. The summed E-state index contributed by atoms with van der Waals surface area (Å²) in [4.78, 5) is 0. The van der Waals surface area contributed by atoms with Gasteiger partial charge >= 0.3 is 0 Å². The van der Waals surface area contributed by atoms with Crippen molar-refractivity contribution in [2.75, 3.05) is 6.54 Å². The van der Waals surface area contributed by atoms with Crippen LogP contribution in [0, 0.1) is 5.92 Å². The Bertz CT molecular complexity index is 288. The summed E-state index contributed by atoms with van der Waals surface area (Å²) in [5.41, 5.74) is 0. The highest BCUT2D eigenvalue weighted by Gasteiger charge is 2.23. The Labute approximate surface area is 105 Å². The second-order valence-electron chi connectivity index (χ2n) is 5.24. The summed E-state index contributed by atoms with van der Waals surface area (Å²) in [6.07, 6.45) is 11.1. The van der Waals surface area contributed by atoms with Gasteiger partial charge in [-0.05, 0) is 43.9 Å². The zero-order chi connectivity index (χ0) is 11.9. The number of hydrogen-bond acceptors (Lipinski definition) is 2. The molecule has 0 spiro atoms. The molecule has 1 aromatic rings. The van der Waals surface area contributed by atoms with Gasteiger partial charge in [0.05, 0.1) is 6.26 Å². The molecule has 1 fully saturated rings. The number of hydrogen-bond donors (Lipinski definition) is 1. The van der Waals surface area contributed by atoms with Gasteiger partial charge in [0.15, 0.2) is 0 Å². The van der Waals surface area contributed by atoms with Gasteiger partial charge in [0.2, 0.25) is 0 Å². The van der Waals surface area contributed by atoms with Crippen molar-refractivity contribution in [1.82, 2.24) is 5.32 Å². The van der Waals surface area contributed by atoms with E-state index in [4.69, 9.17) is 4.42 Å². The molecule has 0 radical (unpaired) electrons. The van der Waals surface area contributed by atoms with Gasteiger partial charge in [-0.1, -0.05) is 26.2 Å². The lowest BCUT2D eigenvalue weighted by Crippen LogP contribution is -2.39. The van der Waals surface area contributed by atoms with Crippen molar-refractivity contribution in [1.29, 1.82) is 0 Å². The second kappa shape index (κ2) is 6.85. The average molecular weight is 235 g/mol. The van der Waals surface area contributed by atoms with E-state index < -0.39 is 0 Å². The van der Waals surface area contributed by atoms with Crippen LogP contribution in [0.15, 0.2) is 22.8 Å². The molecule has 0 saturated heterocycles. The Balaban J connectivity index is 1.91. The van der Waals surface area contributed by atoms with E-state index in [9.17, 15) is 0 Å². The number of nitrogens with one attached hydrogen (secondary N) is 1. The topological polar surface area (TPSA) is 25.2 Å². The van der Waals surface area contributed by atoms with Crippen LogP contribution >= 0.6 is 0 Å². The molecule has 2 heteroatoms. The van der Waals surface area contributed by atoms with Crippen molar-refractivity contribution < 1.29 is 4.42 Å². The molecule has 0 bridgehead atoms. The van der Waals surface area contributed by atoms with Crippen molar-refractivity contribution in [2.45, 2.75) is 57.9 Å². The zero-order valence-corrected chi connectivity index (χ0v) is 11.0. The Morgan fingerprint density at radius 3 is 2.82 bits per heavy atom. The molecule has 1 aromatic heterocycles. The summed E-state index contributed by atoms with van der Waals surface area (Å²) in [6.45, 7) is 3.36. The van der Waals surface area contributed by atoms with E-state index in [0.29, 0.717) is 6.04 Å². The van der Waals surface area contributed by atoms with E-state index in [2.05, 4.69) is 18.3 Å². The number of furan rings is 1. The van der Waals surface area contributed by atoms with Crippen LogP contribution in [0.1, 0.15) is 51.2 Å². The molecule has 1 heterocycles. The third kappa shape index (κ3) is 3.88. The molecule has 0 aromatic carbocycles. The van der Waals surface area contributed by atoms with Crippen molar-refractivity contribution in [2.24, 2.45) is 5.92 Å². The van der Waals surface area contributed by atoms with Crippen LogP contribution in [0.25, 0.3) is 0 Å². The second-order valence-corrected chi connectivity index (χ2v) is 5.24. The molecule has 1 saturated carbocycles. The monoisotopic (exact) mass is 235 g/mol. The largest absolute Gasteiger partial charge is 0.469 e. The molecule has 17 heavy (non-hydrogen) atoms. The van der Waals surface area contributed by atoms with Crippen molar-refractivity contribution in [3.8, 4) is 0 Å². The highest BCUT2D eigenvalue weighted by atomic mass is 16.3. The van der Waals surface area contributed by atoms with E-state index in [0.717, 1.165) is 24.6 Å². The summed E-state index contributed by atoms with van der Waals surface area (Å²) >= 11 is 0. The van der Waals surface area contributed by atoms with Gasteiger partial charge in [-0.15, -0.1) is 0 Å². The first-order chi connectivity index (χ1) is 8.40. The van der Waals surface area contributed by atoms with E-state index in [1.165, 1.54) is 38.5 Å². The molecule has 0 aliphatic heterocycles. The lowest BCUT2D eigenvalue weighted by atomic mass is 9.82. The normalized spacial score (nSPS) is 19.4. The standard InChI is InChI=1S/C15H25NO/c1-2-10-16-15(12-14-9-6-11-17-14)13-7-4-3-5-8-13/h6,9,11,13,15-16H,2-5,7-8,10,12H2,1H3. The summed E-state index contributed by atoms with van der Waals surface area (Å²) in [6, 6.07) is 4.71. The van der Waals surface area contributed by atoms with Crippen molar-refractivity contribution in [3.63, 3.8) is 0 Å². The average Bonchev–Trinajstić information content (AvgIpc) is 2.88. The molecule has 96 valence electrons. The minimum absolute atomic E-state index is 0.612. The van der Waals surface area contributed by atoms with E-state index in [1.807, 2.05) is 6.07 Å². The Kier molecular flexibility index (Phi) is 5.11. The van der Waals surface area contributed by atoms with Crippen LogP contribution in [-0.4, -0.2) is 12.6 Å². The van der Waals surface area contributed by atoms with Gasteiger partial charge in [0.25, 0.3) is 0 Å². The molecule has 1 atom stereocenters. The molecule has 2 rings (SSSR count). The van der Waals surface area contributed by atoms with Crippen LogP contribution in [0.2, 0.25) is 0 Å². The molecule has 1 N–H and O–H groups in total. The van der Waals surface area contributed by atoms with Crippen molar-refractivity contribution in [3.05, 3.63) is 24.2 Å². The lowest BCUT2D eigenvalue weighted by Gasteiger charge is -2.30. The van der Waals surface area contributed by atoms with E-state index >= 15 is 0 Å².